The highest BCUT2D eigenvalue weighted by Crippen LogP contribution is 2.22. The average molecular weight is 292 g/mol. The number of aromatic nitrogens is 1. The van der Waals surface area contributed by atoms with E-state index in [0.717, 1.165) is 21.8 Å². The van der Waals surface area contributed by atoms with Gasteiger partial charge in [0.25, 0.3) is 0 Å². The van der Waals surface area contributed by atoms with Gasteiger partial charge in [0.2, 0.25) is 0 Å². The molecule has 0 radical (unpaired) electrons. The topological polar surface area (TPSA) is 38.9 Å². The molecule has 0 saturated carbocycles. The molecular formula is C12H13Cl3N2. The van der Waals surface area contributed by atoms with Crippen molar-refractivity contribution in [2.24, 2.45) is 5.73 Å². The molecular weight excluding hydrogens is 279 g/mol. The molecule has 0 fully saturated rings. The number of nitrogens with zero attached hydrogens (tertiary/aromatic N) is 1. The summed E-state index contributed by atoms with van der Waals surface area (Å²) in [6.07, 6.45) is 1.77. The number of pyridine rings is 1. The van der Waals surface area contributed by atoms with Crippen LogP contribution in [0.2, 0.25) is 5.02 Å². The van der Waals surface area contributed by atoms with E-state index in [1.807, 2.05) is 36.4 Å². The minimum atomic E-state index is 0. The Balaban J connectivity index is 0.00000128. The van der Waals surface area contributed by atoms with Crippen LogP contribution in [0.25, 0.3) is 11.3 Å². The lowest BCUT2D eigenvalue weighted by Gasteiger charge is -2.06. The summed E-state index contributed by atoms with van der Waals surface area (Å²) in [4.78, 5) is 4.33. The van der Waals surface area contributed by atoms with Gasteiger partial charge in [-0.1, -0.05) is 29.8 Å². The van der Waals surface area contributed by atoms with E-state index in [2.05, 4.69) is 4.98 Å². The van der Waals surface area contributed by atoms with Gasteiger partial charge in [0, 0.05) is 23.3 Å². The Morgan fingerprint density at radius 2 is 1.71 bits per heavy atom. The van der Waals surface area contributed by atoms with E-state index < -0.39 is 0 Å². The normalized spacial score (nSPS) is 9.06. The summed E-state index contributed by atoms with van der Waals surface area (Å²) in [7, 11) is 0. The molecule has 92 valence electrons. The average Bonchev–Trinajstić information content (AvgIpc) is 2.30. The zero-order chi connectivity index (χ0) is 10.7. The van der Waals surface area contributed by atoms with Gasteiger partial charge in [-0.3, -0.25) is 4.98 Å². The number of hydrogen-bond acceptors (Lipinski definition) is 2. The second-order valence-corrected chi connectivity index (χ2v) is 3.66. The van der Waals surface area contributed by atoms with Crippen molar-refractivity contribution in [3.8, 4) is 11.3 Å². The second-order valence-electron chi connectivity index (χ2n) is 3.22. The van der Waals surface area contributed by atoms with E-state index in [4.69, 9.17) is 17.3 Å². The van der Waals surface area contributed by atoms with Crippen molar-refractivity contribution in [2.45, 2.75) is 6.54 Å². The summed E-state index contributed by atoms with van der Waals surface area (Å²) >= 11 is 5.83. The predicted octanol–water partition coefficient (Wildman–Crippen LogP) is 3.70. The van der Waals surface area contributed by atoms with Crippen LogP contribution in [-0.2, 0) is 6.54 Å². The Hall–Kier alpha value is -0.800. The molecule has 17 heavy (non-hydrogen) atoms. The van der Waals surface area contributed by atoms with Crippen LogP contribution in [-0.4, -0.2) is 4.98 Å². The molecule has 0 saturated heterocycles. The van der Waals surface area contributed by atoms with Gasteiger partial charge in [-0.15, -0.1) is 24.8 Å². The molecule has 2 nitrogen and oxygen atoms in total. The number of benzene rings is 1. The number of rotatable bonds is 2. The monoisotopic (exact) mass is 290 g/mol. The first-order valence-electron chi connectivity index (χ1n) is 4.71. The highest BCUT2D eigenvalue weighted by molar-refractivity contribution is 6.30. The molecule has 1 aromatic carbocycles. The first-order chi connectivity index (χ1) is 7.31. The van der Waals surface area contributed by atoms with Crippen molar-refractivity contribution >= 4 is 36.4 Å². The van der Waals surface area contributed by atoms with E-state index in [9.17, 15) is 0 Å². The third-order valence-electron chi connectivity index (χ3n) is 2.23. The predicted molar refractivity (Wildman–Crippen MR) is 77.1 cm³/mol. The lowest BCUT2D eigenvalue weighted by Crippen LogP contribution is -2.00. The molecule has 0 bridgehead atoms. The Kier molecular flexibility index (Phi) is 7.16. The SMILES string of the molecule is Cl.Cl.NCc1cccnc1-c1ccc(Cl)cc1. The van der Waals surface area contributed by atoms with Gasteiger partial charge in [0.05, 0.1) is 5.69 Å². The van der Waals surface area contributed by atoms with Gasteiger partial charge in [0.1, 0.15) is 0 Å². The molecule has 0 aliphatic carbocycles. The van der Waals surface area contributed by atoms with Crippen LogP contribution in [0.1, 0.15) is 5.56 Å². The summed E-state index contributed by atoms with van der Waals surface area (Å²) in [5.74, 6) is 0. The van der Waals surface area contributed by atoms with Crippen molar-refractivity contribution < 1.29 is 0 Å². The van der Waals surface area contributed by atoms with Gasteiger partial charge >= 0.3 is 0 Å². The van der Waals surface area contributed by atoms with Crippen molar-refractivity contribution in [3.63, 3.8) is 0 Å². The van der Waals surface area contributed by atoms with Gasteiger partial charge in [0.15, 0.2) is 0 Å². The maximum Gasteiger partial charge on any atom is 0.0746 e. The van der Waals surface area contributed by atoms with Crippen molar-refractivity contribution in [1.29, 1.82) is 0 Å². The first kappa shape index (κ1) is 16.2. The Labute approximate surface area is 118 Å². The molecule has 2 aromatic rings. The van der Waals surface area contributed by atoms with Crippen LogP contribution in [0.5, 0.6) is 0 Å². The van der Waals surface area contributed by atoms with Gasteiger partial charge in [-0.25, -0.2) is 0 Å². The van der Waals surface area contributed by atoms with E-state index in [1.54, 1.807) is 6.20 Å². The summed E-state index contributed by atoms with van der Waals surface area (Å²) < 4.78 is 0. The lowest BCUT2D eigenvalue weighted by molar-refractivity contribution is 1.05. The van der Waals surface area contributed by atoms with E-state index in [-0.39, 0.29) is 24.8 Å². The highest BCUT2D eigenvalue weighted by Gasteiger charge is 2.03. The van der Waals surface area contributed by atoms with Crippen molar-refractivity contribution in [1.82, 2.24) is 4.98 Å². The lowest BCUT2D eigenvalue weighted by atomic mass is 10.1. The van der Waals surface area contributed by atoms with Crippen LogP contribution in [0.3, 0.4) is 0 Å². The zero-order valence-electron chi connectivity index (χ0n) is 8.97. The van der Waals surface area contributed by atoms with Crippen molar-refractivity contribution in [3.05, 3.63) is 53.2 Å². The number of hydrogen-bond donors (Lipinski definition) is 1. The van der Waals surface area contributed by atoms with E-state index in [1.165, 1.54) is 0 Å². The van der Waals surface area contributed by atoms with E-state index in [0.29, 0.717) is 6.54 Å². The minimum absolute atomic E-state index is 0. The third kappa shape index (κ3) is 3.86. The summed E-state index contributed by atoms with van der Waals surface area (Å²) in [5, 5.41) is 0.726. The molecule has 0 atom stereocenters. The molecule has 0 aliphatic rings. The second kappa shape index (κ2) is 7.51. The molecule has 5 heteroatoms. The smallest absolute Gasteiger partial charge is 0.0746 e. The number of nitrogens with two attached hydrogens (primary N) is 1. The quantitative estimate of drug-likeness (QED) is 0.916. The maximum absolute atomic E-state index is 5.83. The van der Waals surface area contributed by atoms with Gasteiger partial charge < -0.3 is 5.73 Å². The molecule has 1 heterocycles. The standard InChI is InChI=1S/C12H11ClN2.2ClH/c13-11-5-3-9(4-6-11)12-10(8-14)2-1-7-15-12;;/h1-7H,8,14H2;2*1H. The van der Waals surface area contributed by atoms with Crippen LogP contribution >= 0.6 is 36.4 Å². The van der Waals surface area contributed by atoms with Crippen LogP contribution < -0.4 is 5.73 Å². The first-order valence-corrected chi connectivity index (χ1v) is 5.09. The summed E-state index contributed by atoms with van der Waals surface area (Å²) in [6, 6.07) is 11.5. The van der Waals surface area contributed by atoms with Crippen LogP contribution in [0.4, 0.5) is 0 Å². The molecule has 2 rings (SSSR count). The van der Waals surface area contributed by atoms with E-state index >= 15 is 0 Å². The fraction of sp³-hybridized carbons (Fsp3) is 0.0833. The van der Waals surface area contributed by atoms with Crippen LogP contribution in [0, 0.1) is 0 Å². The Morgan fingerprint density at radius 1 is 1.06 bits per heavy atom. The fourth-order valence-electron chi connectivity index (χ4n) is 1.47. The summed E-state index contributed by atoms with van der Waals surface area (Å²) in [5.41, 5.74) is 8.66. The van der Waals surface area contributed by atoms with Gasteiger partial charge in [-0.2, -0.15) is 0 Å². The maximum atomic E-state index is 5.83. The molecule has 0 unspecified atom stereocenters. The molecule has 0 amide bonds. The zero-order valence-corrected chi connectivity index (χ0v) is 11.4. The fourth-order valence-corrected chi connectivity index (χ4v) is 1.60. The Bertz CT molecular complexity index is 458. The number of halogens is 3. The third-order valence-corrected chi connectivity index (χ3v) is 2.48. The highest BCUT2D eigenvalue weighted by atomic mass is 35.5. The molecule has 0 spiro atoms. The molecule has 1 aromatic heterocycles. The van der Waals surface area contributed by atoms with Gasteiger partial charge in [-0.05, 0) is 23.8 Å². The van der Waals surface area contributed by atoms with Crippen LogP contribution in [0.15, 0.2) is 42.6 Å². The largest absolute Gasteiger partial charge is 0.326 e. The molecule has 2 N–H and O–H groups in total. The minimum Gasteiger partial charge on any atom is -0.326 e. The summed E-state index contributed by atoms with van der Waals surface area (Å²) in [6.45, 7) is 0.492. The van der Waals surface area contributed by atoms with Crippen molar-refractivity contribution in [2.75, 3.05) is 0 Å². The Morgan fingerprint density at radius 3 is 2.29 bits per heavy atom. The molecule has 0 aliphatic heterocycles.